The van der Waals surface area contributed by atoms with Crippen LogP contribution in [0.3, 0.4) is 0 Å². The molecule has 0 aliphatic carbocycles. The summed E-state index contributed by atoms with van der Waals surface area (Å²) in [4.78, 5) is 12.6. The minimum absolute atomic E-state index is 0.322. The van der Waals surface area contributed by atoms with Gasteiger partial charge >= 0.3 is 0 Å². The van der Waals surface area contributed by atoms with Crippen molar-refractivity contribution in [2.45, 2.75) is 33.3 Å². The average molecular weight is 352 g/mol. The molecule has 0 fully saturated rings. The van der Waals surface area contributed by atoms with Crippen LogP contribution in [-0.2, 0) is 0 Å². The van der Waals surface area contributed by atoms with E-state index in [0.29, 0.717) is 27.0 Å². The largest absolute Gasteiger partial charge is 0.487 e. The van der Waals surface area contributed by atoms with Crippen LogP contribution in [0.1, 0.15) is 36.7 Å². The molecule has 0 spiro atoms. The maximum atomic E-state index is 12.6. The van der Waals surface area contributed by atoms with Crippen molar-refractivity contribution in [1.29, 1.82) is 0 Å². The summed E-state index contributed by atoms with van der Waals surface area (Å²) < 4.78 is 5.84. The van der Waals surface area contributed by atoms with E-state index in [1.165, 1.54) is 0 Å². The fraction of sp³-hybridized carbons (Fsp3) is 0.278. The third-order valence-electron chi connectivity index (χ3n) is 2.98. The minimum atomic E-state index is -0.426. The highest BCUT2D eigenvalue weighted by Crippen LogP contribution is 2.29. The highest BCUT2D eigenvalue weighted by molar-refractivity contribution is 6.34. The number of anilines is 1. The minimum Gasteiger partial charge on any atom is -0.487 e. The number of hydrogen-bond donors (Lipinski definition) is 1. The molecular weight excluding hydrogens is 333 g/mol. The van der Waals surface area contributed by atoms with Crippen molar-refractivity contribution in [3.63, 3.8) is 0 Å². The molecule has 0 saturated carbocycles. The van der Waals surface area contributed by atoms with Crippen molar-refractivity contribution in [1.82, 2.24) is 0 Å². The number of rotatable bonds is 3. The van der Waals surface area contributed by atoms with Gasteiger partial charge in [0, 0.05) is 5.02 Å². The zero-order valence-electron chi connectivity index (χ0n) is 13.5. The van der Waals surface area contributed by atoms with E-state index in [-0.39, 0.29) is 5.91 Å². The van der Waals surface area contributed by atoms with Gasteiger partial charge in [0.1, 0.15) is 11.4 Å². The smallest absolute Gasteiger partial charge is 0.259 e. The Kier molecular flexibility index (Phi) is 5.23. The van der Waals surface area contributed by atoms with E-state index in [9.17, 15) is 4.79 Å². The number of hydrogen-bond acceptors (Lipinski definition) is 2. The van der Waals surface area contributed by atoms with E-state index >= 15 is 0 Å². The van der Waals surface area contributed by atoms with Crippen molar-refractivity contribution < 1.29 is 9.53 Å². The molecule has 0 radical (unpaired) electrons. The first-order valence-corrected chi connectivity index (χ1v) is 7.97. The molecule has 0 unspecified atom stereocenters. The number of nitrogens with one attached hydrogen (secondary N) is 1. The molecule has 2 rings (SSSR count). The molecule has 2 aromatic carbocycles. The molecule has 5 heteroatoms. The molecule has 0 aromatic heterocycles. The van der Waals surface area contributed by atoms with E-state index in [1.807, 2.05) is 33.8 Å². The van der Waals surface area contributed by atoms with Crippen LogP contribution in [0.5, 0.6) is 5.75 Å². The number of ether oxygens (including phenoxy) is 1. The molecule has 0 aliphatic heterocycles. The number of carbonyl (C=O) groups excluding carboxylic acids is 1. The molecule has 1 amide bonds. The Labute approximate surface area is 146 Å². The molecular formula is C18H19Cl2NO2. The molecule has 1 N–H and O–H groups in total. The third kappa shape index (κ3) is 4.88. The summed E-state index contributed by atoms with van der Waals surface area (Å²) in [6, 6.07) is 10.4. The normalized spacial score (nSPS) is 11.2. The van der Waals surface area contributed by atoms with Gasteiger partial charge in [-0.3, -0.25) is 4.79 Å². The van der Waals surface area contributed by atoms with Crippen molar-refractivity contribution in [3.8, 4) is 5.75 Å². The third-order valence-corrected chi connectivity index (χ3v) is 3.52. The lowest BCUT2D eigenvalue weighted by Crippen LogP contribution is -2.25. The summed E-state index contributed by atoms with van der Waals surface area (Å²) in [5.41, 5.74) is 1.50. The Balaban J connectivity index is 2.33. The van der Waals surface area contributed by atoms with Crippen LogP contribution in [-0.4, -0.2) is 11.5 Å². The second-order valence-corrected chi connectivity index (χ2v) is 7.14. The quantitative estimate of drug-likeness (QED) is 0.766. The highest BCUT2D eigenvalue weighted by atomic mass is 35.5. The number of benzene rings is 2. The van der Waals surface area contributed by atoms with Gasteiger partial charge in [0.2, 0.25) is 0 Å². The predicted molar refractivity (Wildman–Crippen MR) is 96.0 cm³/mol. The number of halogens is 2. The Hall–Kier alpha value is -1.71. The van der Waals surface area contributed by atoms with Crippen LogP contribution in [0.25, 0.3) is 0 Å². The lowest BCUT2D eigenvalue weighted by Gasteiger charge is -2.23. The first-order valence-electron chi connectivity index (χ1n) is 7.22. The van der Waals surface area contributed by atoms with Gasteiger partial charge in [0.15, 0.2) is 0 Å². The van der Waals surface area contributed by atoms with Crippen LogP contribution in [0.2, 0.25) is 10.0 Å². The van der Waals surface area contributed by atoms with Crippen LogP contribution in [0, 0.1) is 6.92 Å². The first kappa shape index (κ1) is 17.6. The van der Waals surface area contributed by atoms with Crippen molar-refractivity contribution in [3.05, 3.63) is 57.6 Å². The Bertz CT molecular complexity index is 736. The number of aryl methyl sites for hydroxylation is 1. The highest BCUT2D eigenvalue weighted by Gasteiger charge is 2.19. The predicted octanol–water partition coefficient (Wildman–Crippen LogP) is 5.73. The van der Waals surface area contributed by atoms with Gasteiger partial charge in [0.05, 0.1) is 16.3 Å². The van der Waals surface area contributed by atoms with Crippen molar-refractivity contribution in [2.24, 2.45) is 0 Å². The Morgan fingerprint density at radius 1 is 1.09 bits per heavy atom. The fourth-order valence-electron chi connectivity index (χ4n) is 2.01. The van der Waals surface area contributed by atoms with E-state index in [4.69, 9.17) is 27.9 Å². The van der Waals surface area contributed by atoms with Crippen LogP contribution in [0.15, 0.2) is 36.4 Å². The van der Waals surface area contributed by atoms with Crippen molar-refractivity contribution >= 4 is 34.8 Å². The lowest BCUT2D eigenvalue weighted by atomic mass is 10.1. The standard InChI is InChI=1S/C18H19Cl2NO2/c1-11-5-7-15(14(20)9-11)21-17(22)13-10-12(19)6-8-16(13)23-18(2,3)4/h5-10H,1-4H3,(H,21,22). The van der Waals surface area contributed by atoms with E-state index < -0.39 is 5.60 Å². The van der Waals surface area contributed by atoms with Crippen LogP contribution in [0.4, 0.5) is 5.69 Å². The van der Waals surface area contributed by atoms with Crippen molar-refractivity contribution in [2.75, 3.05) is 5.32 Å². The summed E-state index contributed by atoms with van der Waals surface area (Å²) >= 11 is 12.2. The molecule has 2 aromatic rings. The molecule has 23 heavy (non-hydrogen) atoms. The van der Waals surface area contributed by atoms with Gasteiger partial charge in [-0.15, -0.1) is 0 Å². The maximum Gasteiger partial charge on any atom is 0.259 e. The first-order chi connectivity index (χ1) is 10.7. The Morgan fingerprint density at radius 3 is 2.39 bits per heavy atom. The molecule has 122 valence electrons. The fourth-order valence-corrected chi connectivity index (χ4v) is 2.46. The van der Waals surface area contributed by atoms with Gasteiger partial charge in [-0.2, -0.15) is 0 Å². The molecule has 0 bridgehead atoms. The molecule has 0 heterocycles. The Morgan fingerprint density at radius 2 is 1.78 bits per heavy atom. The summed E-state index contributed by atoms with van der Waals surface area (Å²) in [6.07, 6.45) is 0. The molecule has 0 atom stereocenters. The second-order valence-electron chi connectivity index (χ2n) is 6.29. The van der Waals surface area contributed by atoms with E-state index in [0.717, 1.165) is 5.56 Å². The summed E-state index contributed by atoms with van der Waals surface area (Å²) in [5, 5.41) is 3.75. The average Bonchev–Trinajstić information content (AvgIpc) is 2.42. The molecule has 0 saturated heterocycles. The maximum absolute atomic E-state index is 12.6. The van der Waals surface area contributed by atoms with Gasteiger partial charge in [-0.25, -0.2) is 0 Å². The zero-order valence-corrected chi connectivity index (χ0v) is 15.0. The topological polar surface area (TPSA) is 38.3 Å². The summed E-state index contributed by atoms with van der Waals surface area (Å²) in [7, 11) is 0. The van der Waals surface area contributed by atoms with Gasteiger partial charge in [0.25, 0.3) is 5.91 Å². The van der Waals surface area contributed by atoms with Gasteiger partial charge in [-0.05, 0) is 63.6 Å². The SMILES string of the molecule is Cc1ccc(NC(=O)c2cc(Cl)ccc2OC(C)(C)C)c(Cl)c1. The van der Waals surface area contributed by atoms with E-state index in [1.54, 1.807) is 30.3 Å². The molecule has 0 aliphatic rings. The second kappa shape index (κ2) is 6.81. The van der Waals surface area contributed by atoms with Gasteiger partial charge in [-0.1, -0.05) is 29.3 Å². The van der Waals surface area contributed by atoms with E-state index in [2.05, 4.69) is 5.32 Å². The van der Waals surface area contributed by atoms with Crippen LogP contribution >= 0.6 is 23.2 Å². The monoisotopic (exact) mass is 351 g/mol. The lowest BCUT2D eigenvalue weighted by molar-refractivity contribution is 0.0999. The van der Waals surface area contributed by atoms with Crippen LogP contribution < -0.4 is 10.1 Å². The summed E-state index contributed by atoms with van der Waals surface area (Å²) in [6.45, 7) is 7.68. The molecule has 3 nitrogen and oxygen atoms in total. The number of amides is 1. The number of carbonyl (C=O) groups is 1. The zero-order chi connectivity index (χ0) is 17.2. The summed E-state index contributed by atoms with van der Waals surface area (Å²) in [5.74, 6) is 0.153. The van der Waals surface area contributed by atoms with Gasteiger partial charge < -0.3 is 10.1 Å².